The lowest BCUT2D eigenvalue weighted by atomic mass is 10.1. The second kappa shape index (κ2) is 4.51. The van der Waals surface area contributed by atoms with Gasteiger partial charge in [0.1, 0.15) is 0 Å². The van der Waals surface area contributed by atoms with Crippen molar-refractivity contribution in [3.8, 4) is 0 Å². The van der Waals surface area contributed by atoms with Gasteiger partial charge in [0.25, 0.3) is 5.56 Å². The predicted octanol–water partition coefficient (Wildman–Crippen LogP) is -0.168. The molecule has 3 heterocycles. The lowest BCUT2D eigenvalue weighted by Crippen LogP contribution is -2.21. The molecule has 0 amide bonds. The zero-order chi connectivity index (χ0) is 12.5. The summed E-state index contributed by atoms with van der Waals surface area (Å²) in [5.74, 6) is 0. The molecule has 7 heteroatoms. The average Bonchev–Trinajstić information content (AvgIpc) is 2.96. The largest absolute Gasteiger partial charge is 0.396 e. The van der Waals surface area contributed by atoms with Crippen molar-refractivity contribution in [1.29, 1.82) is 0 Å². The molecule has 1 fully saturated rings. The maximum Gasteiger partial charge on any atom is 0.278 e. The molecule has 96 valence electrons. The summed E-state index contributed by atoms with van der Waals surface area (Å²) in [6, 6.07) is 0.0800. The van der Waals surface area contributed by atoms with Crippen LogP contribution in [0.1, 0.15) is 18.9 Å². The highest BCUT2D eigenvalue weighted by Gasteiger charge is 2.30. The Morgan fingerprint density at radius 1 is 1.56 bits per heavy atom. The summed E-state index contributed by atoms with van der Waals surface area (Å²) in [6.07, 6.45) is 4.36. The molecule has 2 N–H and O–H groups in total. The van der Waals surface area contributed by atoms with Crippen LogP contribution in [-0.4, -0.2) is 43.9 Å². The Labute approximate surface area is 102 Å². The van der Waals surface area contributed by atoms with Crippen molar-refractivity contribution in [2.75, 3.05) is 13.2 Å². The van der Waals surface area contributed by atoms with Crippen LogP contribution in [0.2, 0.25) is 0 Å². The van der Waals surface area contributed by atoms with Crippen LogP contribution in [0.4, 0.5) is 0 Å². The molecule has 2 atom stereocenters. The first kappa shape index (κ1) is 11.4. The molecule has 0 saturated carbocycles. The predicted molar refractivity (Wildman–Crippen MR) is 63.2 cm³/mol. The molecule has 2 aromatic heterocycles. The molecule has 0 unspecified atom stereocenters. The molecule has 1 aliphatic rings. The molecule has 18 heavy (non-hydrogen) atoms. The van der Waals surface area contributed by atoms with E-state index in [0.29, 0.717) is 24.2 Å². The molecule has 0 radical (unpaired) electrons. The Bertz CT molecular complexity index is 606. The third kappa shape index (κ3) is 1.72. The summed E-state index contributed by atoms with van der Waals surface area (Å²) < 4.78 is 7.46. The Morgan fingerprint density at radius 2 is 2.44 bits per heavy atom. The van der Waals surface area contributed by atoms with E-state index in [1.807, 2.05) is 4.57 Å². The van der Waals surface area contributed by atoms with Crippen molar-refractivity contribution in [3.63, 3.8) is 0 Å². The third-order valence-electron chi connectivity index (χ3n) is 3.31. The maximum absolute atomic E-state index is 11.6. The molecule has 1 aliphatic heterocycles. The van der Waals surface area contributed by atoms with Crippen LogP contribution in [0.3, 0.4) is 0 Å². The minimum Gasteiger partial charge on any atom is -0.396 e. The average molecular weight is 250 g/mol. The molecule has 1 saturated heterocycles. The van der Waals surface area contributed by atoms with E-state index in [1.54, 1.807) is 6.33 Å². The zero-order valence-corrected chi connectivity index (χ0v) is 9.74. The lowest BCUT2D eigenvalue weighted by molar-refractivity contribution is 0.0699. The first-order chi connectivity index (χ1) is 8.81. The Morgan fingerprint density at radius 3 is 3.28 bits per heavy atom. The van der Waals surface area contributed by atoms with Gasteiger partial charge in [0.05, 0.1) is 24.8 Å². The molecule has 0 aromatic carbocycles. The van der Waals surface area contributed by atoms with Gasteiger partial charge >= 0.3 is 0 Å². The number of ether oxygens (including phenoxy) is 1. The maximum atomic E-state index is 11.6. The number of hydrogen-bond donors (Lipinski definition) is 2. The number of imidazole rings is 1. The Balaban J connectivity index is 2.04. The molecule has 3 rings (SSSR count). The van der Waals surface area contributed by atoms with E-state index in [9.17, 15) is 4.79 Å². The number of aliphatic hydroxyl groups is 1. The summed E-state index contributed by atoms with van der Waals surface area (Å²) >= 11 is 0. The van der Waals surface area contributed by atoms with Crippen LogP contribution in [0.15, 0.2) is 17.4 Å². The van der Waals surface area contributed by atoms with Crippen molar-refractivity contribution in [2.45, 2.75) is 25.0 Å². The van der Waals surface area contributed by atoms with Gasteiger partial charge in [-0.25, -0.2) is 9.97 Å². The van der Waals surface area contributed by atoms with Gasteiger partial charge in [0, 0.05) is 13.2 Å². The second-order valence-corrected chi connectivity index (χ2v) is 4.33. The Kier molecular flexibility index (Phi) is 2.85. The van der Waals surface area contributed by atoms with Gasteiger partial charge in [-0.2, -0.15) is 0 Å². The standard InChI is InChI=1S/C11H14N4O3/c16-3-1-8-7(2-4-18-8)15-6-14-9-10(15)12-5-13-11(9)17/h5-8,16H,1-4H2,(H,12,13,17)/t7-,8-/m0/s1. The fourth-order valence-electron chi connectivity index (χ4n) is 2.46. The highest BCUT2D eigenvalue weighted by atomic mass is 16.5. The SMILES string of the molecule is O=c1[nH]cnc2c1ncn2[C@H]1CCO[C@H]1CCO. The summed E-state index contributed by atoms with van der Waals surface area (Å²) in [7, 11) is 0. The van der Waals surface area contributed by atoms with Crippen LogP contribution < -0.4 is 5.56 Å². The van der Waals surface area contributed by atoms with Gasteiger partial charge in [-0.05, 0) is 12.8 Å². The van der Waals surface area contributed by atoms with Crippen LogP contribution in [0.5, 0.6) is 0 Å². The number of fused-ring (bicyclic) bond motifs is 1. The number of nitrogens with one attached hydrogen (secondary N) is 1. The minimum absolute atomic E-state index is 0.0477. The minimum atomic E-state index is -0.239. The van der Waals surface area contributed by atoms with E-state index < -0.39 is 0 Å². The van der Waals surface area contributed by atoms with Crippen LogP contribution in [0, 0.1) is 0 Å². The van der Waals surface area contributed by atoms with Gasteiger partial charge in [0.15, 0.2) is 11.2 Å². The molecular weight excluding hydrogens is 236 g/mol. The van der Waals surface area contributed by atoms with Crippen molar-refractivity contribution in [3.05, 3.63) is 23.0 Å². The highest BCUT2D eigenvalue weighted by molar-refractivity contribution is 5.68. The van der Waals surface area contributed by atoms with Crippen molar-refractivity contribution in [1.82, 2.24) is 19.5 Å². The molecule has 2 aromatic rings. The normalized spacial score (nSPS) is 23.8. The van der Waals surface area contributed by atoms with Gasteiger partial charge in [-0.3, -0.25) is 4.79 Å². The smallest absolute Gasteiger partial charge is 0.278 e. The summed E-state index contributed by atoms with van der Waals surface area (Å²) in [6.45, 7) is 0.736. The fourth-order valence-corrected chi connectivity index (χ4v) is 2.46. The first-order valence-electron chi connectivity index (χ1n) is 5.94. The molecule has 0 spiro atoms. The molecule has 7 nitrogen and oxygen atoms in total. The first-order valence-corrected chi connectivity index (χ1v) is 5.94. The lowest BCUT2D eigenvalue weighted by Gasteiger charge is -2.19. The number of nitrogens with zero attached hydrogens (tertiary/aromatic N) is 3. The number of hydrogen-bond acceptors (Lipinski definition) is 5. The van der Waals surface area contributed by atoms with Gasteiger partial charge in [0.2, 0.25) is 0 Å². The number of aliphatic hydroxyl groups excluding tert-OH is 1. The van der Waals surface area contributed by atoms with E-state index in [0.717, 1.165) is 6.42 Å². The molecule has 0 bridgehead atoms. The number of H-pyrrole nitrogens is 1. The Hall–Kier alpha value is -1.73. The van der Waals surface area contributed by atoms with Gasteiger partial charge in [-0.15, -0.1) is 0 Å². The van der Waals surface area contributed by atoms with Crippen molar-refractivity contribution < 1.29 is 9.84 Å². The van der Waals surface area contributed by atoms with E-state index in [2.05, 4.69) is 15.0 Å². The summed E-state index contributed by atoms with van der Waals surface area (Å²) in [4.78, 5) is 22.3. The zero-order valence-electron chi connectivity index (χ0n) is 9.74. The van der Waals surface area contributed by atoms with E-state index in [4.69, 9.17) is 9.84 Å². The third-order valence-corrected chi connectivity index (χ3v) is 3.31. The topological polar surface area (TPSA) is 93.0 Å². The van der Waals surface area contributed by atoms with Crippen molar-refractivity contribution in [2.24, 2.45) is 0 Å². The quantitative estimate of drug-likeness (QED) is 0.789. The van der Waals surface area contributed by atoms with Crippen LogP contribution in [-0.2, 0) is 4.74 Å². The highest BCUT2D eigenvalue weighted by Crippen LogP contribution is 2.29. The van der Waals surface area contributed by atoms with Gasteiger partial charge < -0.3 is 19.4 Å². The van der Waals surface area contributed by atoms with Gasteiger partial charge in [-0.1, -0.05) is 0 Å². The number of aromatic amines is 1. The molecule has 0 aliphatic carbocycles. The van der Waals surface area contributed by atoms with Crippen LogP contribution >= 0.6 is 0 Å². The summed E-state index contributed by atoms with van der Waals surface area (Å²) in [5, 5.41) is 9.02. The van der Waals surface area contributed by atoms with E-state index in [1.165, 1.54) is 6.33 Å². The van der Waals surface area contributed by atoms with E-state index in [-0.39, 0.29) is 24.3 Å². The fraction of sp³-hybridized carbons (Fsp3) is 0.545. The van der Waals surface area contributed by atoms with Crippen molar-refractivity contribution >= 4 is 11.2 Å². The number of aromatic nitrogens is 4. The summed E-state index contributed by atoms with van der Waals surface area (Å²) in [5.41, 5.74) is 0.667. The second-order valence-electron chi connectivity index (χ2n) is 4.33. The van der Waals surface area contributed by atoms with E-state index >= 15 is 0 Å². The number of rotatable bonds is 3. The van der Waals surface area contributed by atoms with Crippen LogP contribution in [0.25, 0.3) is 11.2 Å². The molecular formula is C11H14N4O3. The monoisotopic (exact) mass is 250 g/mol.